The van der Waals surface area contributed by atoms with E-state index in [-0.39, 0.29) is 10.5 Å². The first-order chi connectivity index (χ1) is 10.3. The van der Waals surface area contributed by atoms with E-state index in [2.05, 4.69) is 25.5 Å². The first kappa shape index (κ1) is 14.6. The highest BCUT2D eigenvalue weighted by Gasteiger charge is 2.34. The summed E-state index contributed by atoms with van der Waals surface area (Å²) in [5, 5.41) is 10.1. The number of benzene rings is 1. The minimum atomic E-state index is -4.53. The molecule has 0 aliphatic heterocycles. The molecule has 2 aromatic heterocycles. The Balaban J connectivity index is 2.08. The van der Waals surface area contributed by atoms with E-state index in [1.54, 1.807) is 18.5 Å². The second-order valence-electron chi connectivity index (χ2n) is 4.70. The van der Waals surface area contributed by atoms with Crippen LogP contribution in [0.5, 0.6) is 0 Å². The van der Waals surface area contributed by atoms with Crippen LogP contribution in [-0.4, -0.2) is 24.7 Å². The molecular weight excluding hydrogens is 321 g/mol. The molecule has 0 aliphatic carbocycles. The van der Waals surface area contributed by atoms with Gasteiger partial charge in [-0.15, -0.1) is 10.2 Å². The van der Waals surface area contributed by atoms with E-state index in [1.807, 2.05) is 0 Å². The van der Waals surface area contributed by atoms with Gasteiger partial charge in [0.2, 0.25) is 11.9 Å². The van der Waals surface area contributed by atoms with Gasteiger partial charge in [-0.2, -0.15) is 13.2 Å². The van der Waals surface area contributed by atoms with Crippen molar-refractivity contribution in [1.29, 1.82) is 0 Å². The van der Waals surface area contributed by atoms with Crippen molar-refractivity contribution in [2.24, 2.45) is 7.05 Å². The molecule has 3 aromatic rings. The van der Waals surface area contributed by atoms with Gasteiger partial charge < -0.3 is 9.55 Å². The number of hydrogen-bond donors (Lipinski definition) is 2. The third kappa shape index (κ3) is 2.47. The van der Waals surface area contributed by atoms with Gasteiger partial charge in [0, 0.05) is 7.05 Å². The highest BCUT2D eigenvalue weighted by atomic mass is 35.5. The van der Waals surface area contributed by atoms with Gasteiger partial charge in [0.05, 0.1) is 21.6 Å². The zero-order chi connectivity index (χ0) is 16.1. The average Bonchev–Trinajstić information content (AvgIpc) is 2.94. The van der Waals surface area contributed by atoms with Crippen molar-refractivity contribution in [3.05, 3.63) is 28.5 Å². The van der Waals surface area contributed by atoms with Crippen molar-refractivity contribution >= 4 is 34.5 Å². The van der Waals surface area contributed by atoms with Crippen molar-refractivity contribution in [2.75, 3.05) is 5.32 Å². The van der Waals surface area contributed by atoms with Gasteiger partial charge in [-0.1, -0.05) is 11.6 Å². The van der Waals surface area contributed by atoms with Crippen molar-refractivity contribution in [1.82, 2.24) is 24.7 Å². The number of rotatable bonds is 2. The Kier molecular flexibility index (Phi) is 3.24. The molecule has 0 bridgehead atoms. The normalized spacial score (nSPS) is 12.1. The number of hydrogen-bond acceptors (Lipinski definition) is 4. The molecule has 22 heavy (non-hydrogen) atoms. The molecule has 0 saturated carbocycles. The Morgan fingerprint density at radius 2 is 2.00 bits per heavy atom. The second kappa shape index (κ2) is 4.87. The molecule has 2 N–H and O–H groups in total. The number of nitrogens with zero attached hydrogens (tertiary/aromatic N) is 4. The molecule has 0 amide bonds. The summed E-state index contributed by atoms with van der Waals surface area (Å²) in [6, 6.07) is 2.16. The maximum atomic E-state index is 12.9. The molecular formula is C12H10ClF3N6. The lowest BCUT2D eigenvalue weighted by atomic mass is 10.2. The van der Waals surface area contributed by atoms with Gasteiger partial charge >= 0.3 is 6.18 Å². The molecule has 116 valence electrons. The lowest BCUT2D eigenvalue weighted by Crippen LogP contribution is -2.05. The maximum absolute atomic E-state index is 12.9. The summed E-state index contributed by atoms with van der Waals surface area (Å²) in [7, 11) is 1.66. The molecule has 0 unspecified atom stereocenters. The van der Waals surface area contributed by atoms with E-state index >= 15 is 0 Å². The Labute approximate surface area is 127 Å². The summed E-state index contributed by atoms with van der Waals surface area (Å²) >= 11 is 5.72. The third-order valence-corrected chi connectivity index (χ3v) is 3.42. The van der Waals surface area contributed by atoms with E-state index in [4.69, 9.17) is 11.6 Å². The fourth-order valence-electron chi connectivity index (χ4n) is 2.05. The van der Waals surface area contributed by atoms with Crippen molar-refractivity contribution in [3.8, 4) is 0 Å². The third-order valence-electron chi connectivity index (χ3n) is 3.10. The Morgan fingerprint density at radius 3 is 2.59 bits per heavy atom. The fourth-order valence-corrected chi connectivity index (χ4v) is 2.32. The molecule has 2 heterocycles. The molecule has 0 radical (unpaired) electrons. The summed E-state index contributed by atoms with van der Waals surface area (Å²) in [4.78, 5) is 6.99. The zero-order valence-corrected chi connectivity index (χ0v) is 12.2. The topological polar surface area (TPSA) is 71.4 Å². The fraction of sp³-hybridized carbons (Fsp3) is 0.250. The highest BCUT2D eigenvalue weighted by molar-refractivity contribution is 6.32. The Bertz CT molecular complexity index is 851. The number of imidazole rings is 1. The number of aryl methyl sites for hydroxylation is 2. The summed E-state index contributed by atoms with van der Waals surface area (Å²) < 4.78 is 40.2. The number of fused-ring (bicyclic) bond motifs is 1. The van der Waals surface area contributed by atoms with Crippen molar-refractivity contribution in [3.63, 3.8) is 0 Å². The largest absolute Gasteiger partial charge is 0.417 e. The number of alkyl halides is 3. The van der Waals surface area contributed by atoms with Gasteiger partial charge in [0.25, 0.3) is 0 Å². The zero-order valence-electron chi connectivity index (χ0n) is 11.5. The van der Waals surface area contributed by atoms with Crippen LogP contribution in [0.2, 0.25) is 5.02 Å². The van der Waals surface area contributed by atoms with Crippen LogP contribution in [0.4, 0.5) is 25.1 Å². The SMILES string of the molecule is Cc1nnc(Nc2nc3cc(C(F)(F)F)c(Cl)cc3n2C)[nH]1. The number of H-pyrrole nitrogens is 1. The number of nitrogens with one attached hydrogen (secondary N) is 2. The minimum absolute atomic E-state index is 0.179. The smallest absolute Gasteiger partial charge is 0.313 e. The van der Waals surface area contributed by atoms with Crippen molar-refractivity contribution in [2.45, 2.75) is 13.1 Å². The molecule has 3 rings (SSSR count). The molecule has 0 spiro atoms. The quantitative estimate of drug-likeness (QED) is 0.755. The summed E-state index contributed by atoms with van der Waals surface area (Å²) in [5.41, 5.74) is -0.267. The van der Waals surface area contributed by atoms with Crippen LogP contribution < -0.4 is 5.32 Å². The van der Waals surface area contributed by atoms with E-state index in [1.165, 1.54) is 6.07 Å². The summed E-state index contributed by atoms with van der Waals surface area (Å²) in [6.45, 7) is 1.72. The average molecular weight is 331 g/mol. The molecule has 0 atom stereocenters. The van der Waals surface area contributed by atoms with Gasteiger partial charge in [-0.25, -0.2) is 4.98 Å². The predicted octanol–water partition coefficient (Wildman–Crippen LogP) is 3.42. The predicted molar refractivity (Wildman–Crippen MR) is 75.1 cm³/mol. The number of anilines is 2. The highest BCUT2D eigenvalue weighted by Crippen LogP contribution is 2.37. The van der Waals surface area contributed by atoms with Crippen LogP contribution in [0.25, 0.3) is 11.0 Å². The maximum Gasteiger partial charge on any atom is 0.417 e. The standard InChI is InChI=1S/C12H10ClF3N6/c1-5-17-10(21-20-5)19-11-18-8-3-6(12(14,15)16)7(13)4-9(8)22(11)2/h3-4H,1-2H3,(H2,17,18,19,20,21). The lowest BCUT2D eigenvalue weighted by molar-refractivity contribution is -0.137. The molecule has 6 nitrogen and oxygen atoms in total. The van der Waals surface area contributed by atoms with Crippen LogP contribution in [0.15, 0.2) is 12.1 Å². The van der Waals surface area contributed by atoms with E-state index in [0.29, 0.717) is 23.2 Å². The van der Waals surface area contributed by atoms with E-state index in [0.717, 1.165) is 6.07 Å². The van der Waals surface area contributed by atoms with Crippen LogP contribution in [0, 0.1) is 6.92 Å². The van der Waals surface area contributed by atoms with E-state index in [9.17, 15) is 13.2 Å². The lowest BCUT2D eigenvalue weighted by Gasteiger charge is -2.08. The minimum Gasteiger partial charge on any atom is -0.313 e. The van der Waals surface area contributed by atoms with Crippen LogP contribution in [0.3, 0.4) is 0 Å². The van der Waals surface area contributed by atoms with Gasteiger partial charge in [-0.05, 0) is 19.1 Å². The molecule has 0 saturated heterocycles. The van der Waals surface area contributed by atoms with Gasteiger partial charge in [-0.3, -0.25) is 5.32 Å². The number of aromatic nitrogens is 5. The summed E-state index contributed by atoms with van der Waals surface area (Å²) in [5.74, 6) is 1.27. The summed E-state index contributed by atoms with van der Waals surface area (Å²) in [6.07, 6.45) is -4.53. The number of halogens is 4. The van der Waals surface area contributed by atoms with Gasteiger partial charge in [0.1, 0.15) is 5.82 Å². The van der Waals surface area contributed by atoms with Gasteiger partial charge in [0.15, 0.2) is 0 Å². The molecule has 0 aliphatic rings. The molecule has 10 heteroatoms. The first-order valence-corrected chi connectivity index (χ1v) is 6.53. The Hall–Kier alpha value is -2.29. The monoisotopic (exact) mass is 330 g/mol. The Morgan fingerprint density at radius 1 is 1.27 bits per heavy atom. The second-order valence-corrected chi connectivity index (χ2v) is 5.10. The molecule has 1 aromatic carbocycles. The van der Waals surface area contributed by atoms with Crippen LogP contribution in [0.1, 0.15) is 11.4 Å². The molecule has 0 fully saturated rings. The first-order valence-electron chi connectivity index (χ1n) is 6.15. The van der Waals surface area contributed by atoms with Crippen LogP contribution in [-0.2, 0) is 13.2 Å². The van der Waals surface area contributed by atoms with Crippen molar-refractivity contribution < 1.29 is 13.2 Å². The van der Waals surface area contributed by atoms with E-state index < -0.39 is 11.7 Å². The van der Waals surface area contributed by atoms with Crippen LogP contribution >= 0.6 is 11.6 Å². The number of aromatic amines is 1.